The van der Waals surface area contributed by atoms with E-state index >= 15 is 0 Å². The fraction of sp³-hybridized carbons (Fsp3) is 0.500. The number of amides is 1. The number of benzene rings is 1. The Labute approximate surface area is 132 Å². The first-order valence-electron chi connectivity index (χ1n) is 7.37. The number of likely N-dealkylation sites (tertiary alicyclic amines) is 1. The maximum absolute atomic E-state index is 13.5. The van der Waals surface area contributed by atoms with E-state index in [1.165, 1.54) is 23.9 Å². The van der Waals surface area contributed by atoms with Crippen LogP contribution in [0.4, 0.5) is 4.39 Å². The molecular formula is C16H18FNO3S. The van der Waals surface area contributed by atoms with E-state index in [1.54, 1.807) is 17.2 Å². The number of thioether (sulfide) groups is 1. The number of rotatable bonds is 4. The molecule has 1 amide bonds. The van der Waals surface area contributed by atoms with Crippen molar-refractivity contribution in [2.45, 2.75) is 17.7 Å². The van der Waals surface area contributed by atoms with Gasteiger partial charge >= 0.3 is 5.97 Å². The smallest absolute Gasteiger partial charge is 0.308 e. The molecule has 1 aliphatic heterocycles. The van der Waals surface area contributed by atoms with Crippen molar-refractivity contribution in [2.24, 2.45) is 17.8 Å². The van der Waals surface area contributed by atoms with Crippen molar-refractivity contribution >= 4 is 23.6 Å². The standard InChI is InChI=1S/C16H18FNO3S/c1-22-14-6-10(4-5-13(14)17)15(19)18-7-11(9-2-3-9)12(8-18)16(20)21/h4-6,9,11-12H,2-3,7-8H2,1H3,(H,20,21)/t11-,12+/m1/s1. The van der Waals surface area contributed by atoms with Crippen LogP contribution in [-0.4, -0.2) is 41.2 Å². The molecule has 1 aliphatic carbocycles. The third-order valence-electron chi connectivity index (χ3n) is 4.60. The molecule has 0 unspecified atom stereocenters. The summed E-state index contributed by atoms with van der Waals surface area (Å²) in [6, 6.07) is 4.31. The molecule has 6 heteroatoms. The highest BCUT2D eigenvalue weighted by atomic mass is 32.2. The molecule has 1 saturated heterocycles. The average Bonchev–Trinajstić information content (AvgIpc) is 3.25. The average molecular weight is 323 g/mol. The van der Waals surface area contributed by atoms with Gasteiger partial charge in [0.25, 0.3) is 5.91 Å². The van der Waals surface area contributed by atoms with E-state index in [2.05, 4.69) is 0 Å². The number of carboxylic acids is 1. The van der Waals surface area contributed by atoms with Crippen LogP contribution in [0.2, 0.25) is 0 Å². The first kappa shape index (κ1) is 15.3. The van der Waals surface area contributed by atoms with E-state index < -0.39 is 11.9 Å². The minimum absolute atomic E-state index is 0.0573. The molecule has 1 N–H and O–H groups in total. The summed E-state index contributed by atoms with van der Waals surface area (Å²) in [6.07, 6.45) is 3.87. The molecule has 1 aromatic rings. The summed E-state index contributed by atoms with van der Waals surface area (Å²) < 4.78 is 13.5. The molecule has 0 bridgehead atoms. The molecule has 0 radical (unpaired) electrons. The van der Waals surface area contributed by atoms with E-state index in [4.69, 9.17) is 0 Å². The van der Waals surface area contributed by atoms with E-state index in [-0.39, 0.29) is 24.2 Å². The number of carbonyl (C=O) groups excluding carboxylic acids is 1. The highest BCUT2D eigenvalue weighted by Gasteiger charge is 2.46. The predicted octanol–water partition coefficient (Wildman–Crippen LogP) is 2.73. The van der Waals surface area contributed by atoms with Gasteiger partial charge in [-0.1, -0.05) is 0 Å². The molecule has 1 saturated carbocycles. The quantitative estimate of drug-likeness (QED) is 0.866. The van der Waals surface area contributed by atoms with Crippen molar-refractivity contribution in [3.63, 3.8) is 0 Å². The van der Waals surface area contributed by atoms with Gasteiger partial charge in [-0.25, -0.2) is 4.39 Å². The van der Waals surface area contributed by atoms with E-state index in [1.807, 2.05) is 0 Å². The molecule has 2 atom stereocenters. The molecule has 2 aliphatic rings. The fourth-order valence-electron chi connectivity index (χ4n) is 3.23. The molecule has 22 heavy (non-hydrogen) atoms. The van der Waals surface area contributed by atoms with Gasteiger partial charge in [0, 0.05) is 23.5 Å². The lowest BCUT2D eigenvalue weighted by Gasteiger charge is -2.17. The zero-order valence-corrected chi connectivity index (χ0v) is 13.1. The lowest BCUT2D eigenvalue weighted by atomic mass is 9.92. The van der Waals surface area contributed by atoms with E-state index in [9.17, 15) is 19.1 Å². The van der Waals surface area contributed by atoms with E-state index in [0.29, 0.717) is 22.9 Å². The van der Waals surface area contributed by atoms with Crippen LogP contribution in [0.25, 0.3) is 0 Å². The Morgan fingerprint density at radius 3 is 2.64 bits per heavy atom. The summed E-state index contributed by atoms with van der Waals surface area (Å²) in [5.41, 5.74) is 0.423. The molecule has 2 fully saturated rings. The lowest BCUT2D eigenvalue weighted by molar-refractivity contribution is -0.142. The summed E-state index contributed by atoms with van der Waals surface area (Å²) in [4.78, 5) is 26.0. The number of hydrogen-bond acceptors (Lipinski definition) is 3. The Morgan fingerprint density at radius 1 is 1.32 bits per heavy atom. The first-order valence-corrected chi connectivity index (χ1v) is 8.59. The Kier molecular flexibility index (Phi) is 4.12. The van der Waals surface area contributed by atoms with Crippen LogP contribution in [-0.2, 0) is 4.79 Å². The van der Waals surface area contributed by atoms with Crippen LogP contribution < -0.4 is 0 Å². The van der Waals surface area contributed by atoms with Crippen LogP contribution in [0.5, 0.6) is 0 Å². The molecule has 1 aromatic carbocycles. The summed E-state index contributed by atoms with van der Waals surface area (Å²) in [6.45, 7) is 0.744. The second-order valence-corrected chi connectivity index (χ2v) is 6.85. The predicted molar refractivity (Wildman–Crippen MR) is 81.4 cm³/mol. The second kappa shape index (κ2) is 5.91. The SMILES string of the molecule is CSc1cc(C(=O)N2C[C@H](C(=O)O)[C@@H](C3CC3)C2)ccc1F. The van der Waals surface area contributed by atoms with Gasteiger partial charge in [0.15, 0.2) is 0 Å². The van der Waals surface area contributed by atoms with Gasteiger partial charge in [0.2, 0.25) is 0 Å². The maximum Gasteiger partial charge on any atom is 0.308 e. The summed E-state index contributed by atoms with van der Waals surface area (Å²) in [5.74, 6) is -1.35. The number of halogens is 1. The van der Waals surface area contributed by atoms with Crippen LogP contribution in [0.15, 0.2) is 23.1 Å². The van der Waals surface area contributed by atoms with E-state index in [0.717, 1.165) is 12.8 Å². The summed E-state index contributed by atoms with van der Waals surface area (Å²) >= 11 is 1.25. The van der Waals surface area contributed by atoms with Crippen molar-refractivity contribution < 1.29 is 19.1 Å². The van der Waals surface area contributed by atoms with Crippen molar-refractivity contribution in [3.05, 3.63) is 29.6 Å². The van der Waals surface area contributed by atoms with Crippen molar-refractivity contribution in [3.8, 4) is 0 Å². The Balaban J connectivity index is 1.79. The topological polar surface area (TPSA) is 57.6 Å². The second-order valence-electron chi connectivity index (χ2n) is 6.01. The van der Waals surface area contributed by atoms with Gasteiger partial charge in [-0.15, -0.1) is 11.8 Å². The number of hydrogen-bond donors (Lipinski definition) is 1. The molecule has 0 spiro atoms. The van der Waals surface area contributed by atoms with Crippen molar-refractivity contribution in [2.75, 3.05) is 19.3 Å². The normalized spacial score (nSPS) is 24.5. The van der Waals surface area contributed by atoms with Gasteiger partial charge in [-0.3, -0.25) is 9.59 Å². The van der Waals surface area contributed by atoms with Crippen LogP contribution >= 0.6 is 11.8 Å². The maximum atomic E-state index is 13.5. The Morgan fingerprint density at radius 2 is 2.05 bits per heavy atom. The summed E-state index contributed by atoms with van der Waals surface area (Å²) in [7, 11) is 0. The van der Waals surface area contributed by atoms with Gasteiger partial charge in [0.1, 0.15) is 5.82 Å². The fourth-order valence-corrected chi connectivity index (χ4v) is 3.74. The number of carboxylic acid groups (broad SMARTS) is 1. The summed E-state index contributed by atoms with van der Waals surface area (Å²) in [5, 5.41) is 9.36. The van der Waals surface area contributed by atoms with Crippen LogP contribution in [0.1, 0.15) is 23.2 Å². The minimum atomic E-state index is -0.823. The molecule has 3 rings (SSSR count). The van der Waals surface area contributed by atoms with Gasteiger partial charge in [0.05, 0.1) is 5.92 Å². The van der Waals surface area contributed by atoms with Gasteiger partial charge in [-0.05, 0) is 49.1 Å². The zero-order chi connectivity index (χ0) is 15.9. The third-order valence-corrected chi connectivity index (χ3v) is 5.35. The third kappa shape index (κ3) is 2.84. The van der Waals surface area contributed by atoms with Crippen molar-refractivity contribution in [1.29, 1.82) is 0 Å². The highest BCUT2D eigenvalue weighted by molar-refractivity contribution is 7.98. The molecular weight excluding hydrogens is 305 g/mol. The van der Waals surface area contributed by atoms with Crippen molar-refractivity contribution in [1.82, 2.24) is 4.90 Å². The number of carbonyl (C=O) groups is 2. The molecule has 4 nitrogen and oxygen atoms in total. The zero-order valence-electron chi connectivity index (χ0n) is 12.3. The first-order chi connectivity index (χ1) is 10.5. The minimum Gasteiger partial charge on any atom is -0.481 e. The molecule has 118 valence electrons. The number of aliphatic carboxylic acids is 1. The molecule has 1 heterocycles. The Hall–Kier alpha value is -1.56. The lowest BCUT2D eigenvalue weighted by Crippen LogP contribution is -2.30. The van der Waals surface area contributed by atoms with Gasteiger partial charge in [-0.2, -0.15) is 0 Å². The monoisotopic (exact) mass is 323 g/mol. The largest absolute Gasteiger partial charge is 0.481 e. The van der Waals surface area contributed by atoms with Crippen LogP contribution in [0, 0.1) is 23.6 Å². The number of nitrogens with zero attached hydrogens (tertiary/aromatic N) is 1. The van der Waals surface area contributed by atoms with Gasteiger partial charge < -0.3 is 10.0 Å². The van der Waals surface area contributed by atoms with Crippen LogP contribution in [0.3, 0.4) is 0 Å². The highest BCUT2D eigenvalue weighted by Crippen LogP contribution is 2.44. The molecule has 0 aromatic heterocycles. The Bertz CT molecular complexity index is 617.